The van der Waals surface area contributed by atoms with E-state index in [-0.39, 0.29) is 5.56 Å². The first-order valence-corrected chi connectivity index (χ1v) is 4.80. The van der Waals surface area contributed by atoms with Crippen molar-refractivity contribution in [2.45, 2.75) is 0 Å². The van der Waals surface area contributed by atoms with Crippen LogP contribution in [0.2, 0.25) is 0 Å². The van der Waals surface area contributed by atoms with Gasteiger partial charge in [-0.1, -0.05) is 12.1 Å². The Balaban J connectivity index is 2.66. The van der Waals surface area contributed by atoms with Crippen molar-refractivity contribution in [3.8, 4) is 5.69 Å². The Morgan fingerprint density at radius 1 is 1.36 bits per heavy atom. The summed E-state index contributed by atoms with van der Waals surface area (Å²) in [5.41, 5.74) is 6.05. The second-order valence-corrected chi connectivity index (χ2v) is 3.69. The Kier molecular flexibility index (Phi) is 2.17. The van der Waals surface area contributed by atoms with Gasteiger partial charge in [-0.15, -0.1) is 0 Å². The summed E-state index contributed by atoms with van der Waals surface area (Å²) in [4.78, 5) is 11.4. The van der Waals surface area contributed by atoms with Crippen molar-refractivity contribution < 1.29 is 0 Å². The Hall–Kier alpha value is -1.49. The molecule has 2 rings (SSSR count). The number of nitrogen functional groups attached to an aromatic ring is 1. The van der Waals surface area contributed by atoms with Crippen molar-refractivity contribution in [1.82, 2.24) is 9.78 Å². The number of anilines is 1. The number of H-pyrrole nitrogens is 1. The SMILES string of the molecule is Nc1cc(=O)n(-c2ccccc2Br)[nH]1. The van der Waals surface area contributed by atoms with Crippen molar-refractivity contribution in [2.24, 2.45) is 0 Å². The average Bonchev–Trinajstić information content (AvgIpc) is 2.46. The van der Waals surface area contributed by atoms with E-state index in [4.69, 9.17) is 5.73 Å². The zero-order valence-corrected chi connectivity index (χ0v) is 8.78. The highest BCUT2D eigenvalue weighted by atomic mass is 79.9. The minimum atomic E-state index is -0.172. The third-order valence-electron chi connectivity index (χ3n) is 1.83. The van der Waals surface area contributed by atoms with Gasteiger partial charge in [-0.3, -0.25) is 9.89 Å². The van der Waals surface area contributed by atoms with Gasteiger partial charge in [-0.05, 0) is 28.1 Å². The molecule has 5 heteroatoms. The van der Waals surface area contributed by atoms with E-state index in [1.54, 1.807) is 0 Å². The highest BCUT2D eigenvalue weighted by Gasteiger charge is 2.05. The smallest absolute Gasteiger partial charge is 0.273 e. The van der Waals surface area contributed by atoms with Crippen LogP contribution in [-0.2, 0) is 0 Å². The number of rotatable bonds is 1. The standard InChI is InChI=1S/C9H8BrN3O/c10-6-3-1-2-4-7(6)13-9(14)5-8(11)12-13/h1-5,12H,11H2. The molecule has 0 saturated carbocycles. The first-order chi connectivity index (χ1) is 6.68. The van der Waals surface area contributed by atoms with Crippen molar-refractivity contribution in [3.63, 3.8) is 0 Å². The van der Waals surface area contributed by atoms with E-state index in [1.807, 2.05) is 24.3 Å². The molecule has 3 N–H and O–H groups in total. The number of hydrogen-bond acceptors (Lipinski definition) is 2. The van der Waals surface area contributed by atoms with Gasteiger partial charge in [-0.2, -0.15) is 0 Å². The first kappa shape index (κ1) is 9.08. The molecule has 0 saturated heterocycles. The van der Waals surface area contributed by atoms with E-state index < -0.39 is 0 Å². The van der Waals surface area contributed by atoms with Gasteiger partial charge in [0.15, 0.2) is 0 Å². The van der Waals surface area contributed by atoms with E-state index in [9.17, 15) is 4.79 Å². The fraction of sp³-hybridized carbons (Fsp3) is 0. The highest BCUT2D eigenvalue weighted by molar-refractivity contribution is 9.10. The number of aromatic amines is 1. The number of hydrogen-bond donors (Lipinski definition) is 2. The number of halogens is 1. The van der Waals surface area contributed by atoms with Gasteiger partial charge in [0, 0.05) is 10.5 Å². The van der Waals surface area contributed by atoms with Crippen molar-refractivity contribution in [1.29, 1.82) is 0 Å². The maximum absolute atomic E-state index is 11.4. The molecular formula is C9H8BrN3O. The predicted octanol–water partition coefficient (Wildman–Crippen LogP) is 1.51. The molecule has 4 nitrogen and oxygen atoms in total. The van der Waals surface area contributed by atoms with Crippen LogP contribution in [0.4, 0.5) is 5.82 Å². The number of benzene rings is 1. The minimum absolute atomic E-state index is 0.172. The monoisotopic (exact) mass is 253 g/mol. The molecule has 0 bridgehead atoms. The Morgan fingerprint density at radius 2 is 2.07 bits per heavy atom. The van der Waals surface area contributed by atoms with Gasteiger partial charge < -0.3 is 5.73 Å². The predicted molar refractivity (Wildman–Crippen MR) is 58.5 cm³/mol. The molecule has 0 atom stereocenters. The minimum Gasteiger partial charge on any atom is -0.384 e. The van der Waals surface area contributed by atoms with Crippen molar-refractivity contribution in [2.75, 3.05) is 5.73 Å². The summed E-state index contributed by atoms with van der Waals surface area (Å²) in [6.07, 6.45) is 0. The number of nitrogens with one attached hydrogen (secondary N) is 1. The van der Waals surface area contributed by atoms with Crippen LogP contribution in [0.5, 0.6) is 0 Å². The van der Waals surface area contributed by atoms with Crippen LogP contribution in [0, 0.1) is 0 Å². The summed E-state index contributed by atoms with van der Waals surface area (Å²) >= 11 is 3.36. The van der Waals surface area contributed by atoms with Gasteiger partial charge in [0.1, 0.15) is 5.82 Å². The number of para-hydroxylation sites is 1. The second-order valence-electron chi connectivity index (χ2n) is 2.84. The highest BCUT2D eigenvalue weighted by Crippen LogP contribution is 2.18. The molecule has 0 spiro atoms. The molecular weight excluding hydrogens is 246 g/mol. The average molecular weight is 254 g/mol. The summed E-state index contributed by atoms with van der Waals surface area (Å²) in [5, 5.41) is 2.75. The molecule has 14 heavy (non-hydrogen) atoms. The van der Waals surface area contributed by atoms with Gasteiger partial charge in [0.05, 0.1) is 5.69 Å². The molecule has 0 aliphatic heterocycles. The molecule has 0 unspecified atom stereocenters. The van der Waals surface area contributed by atoms with E-state index in [1.165, 1.54) is 10.7 Å². The Morgan fingerprint density at radius 3 is 2.64 bits per heavy atom. The van der Waals surface area contributed by atoms with Gasteiger partial charge in [-0.25, -0.2) is 4.68 Å². The van der Waals surface area contributed by atoms with Crippen molar-refractivity contribution >= 4 is 21.7 Å². The number of nitrogens with two attached hydrogens (primary N) is 1. The van der Waals surface area contributed by atoms with E-state index in [2.05, 4.69) is 21.0 Å². The van der Waals surface area contributed by atoms with E-state index in [0.29, 0.717) is 5.82 Å². The summed E-state index contributed by atoms with van der Waals surface area (Å²) in [5.74, 6) is 0.353. The normalized spacial score (nSPS) is 10.4. The Labute approximate surface area is 88.5 Å². The third-order valence-corrected chi connectivity index (χ3v) is 2.50. The Bertz CT molecular complexity index is 515. The molecule has 1 aromatic carbocycles. The molecule has 0 aliphatic rings. The lowest BCUT2D eigenvalue weighted by molar-refractivity contribution is 0.850. The topological polar surface area (TPSA) is 63.8 Å². The van der Waals surface area contributed by atoms with Crippen LogP contribution in [0.15, 0.2) is 39.6 Å². The largest absolute Gasteiger partial charge is 0.384 e. The van der Waals surface area contributed by atoms with Crippen LogP contribution >= 0.6 is 15.9 Å². The molecule has 0 radical (unpaired) electrons. The molecule has 2 aromatic rings. The fourth-order valence-corrected chi connectivity index (χ4v) is 1.69. The van der Waals surface area contributed by atoms with Crippen LogP contribution in [-0.4, -0.2) is 9.78 Å². The van der Waals surface area contributed by atoms with Crippen LogP contribution < -0.4 is 11.3 Å². The van der Waals surface area contributed by atoms with E-state index >= 15 is 0 Å². The summed E-state index contributed by atoms with van der Waals surface area (Å²) in [6, 6.07) is 8.76. The quantitative estimate of drug-likeness (QED) is 0.810. The van der Waals surface area contributed by atoms with Crippen LogP contribution in [0.25, 0.3) is 5.69 Å². The lowest BCUT2D eigenvalue weighted by Gasteiger charge is -2.03. The fourth-order valence-electron chi connectivity index (χ4n) is 1.23. The van der Waals surface area contributed by atoms with Crippen LogP contribution in [0.3, 0.4) is 0 Å². The lowest BCUT2D eigenvalue weighted by Crippen LogP contribution is -2.13. The maximum atomic E-state index is 11.4. The second kappa shape index (κ2) is 3.34. The van der Waals surface area contributed by atoms with Gasteiger partial charge in [0.2, 0.25) is 0 Å². The molecule has 1 aromatic heterocycles. The molecule has 0 amide bonds. The van der Waals surface area contributed by atoms with E-state index in [0.717, 1.165) is 10.2 Å². The molecule has 0 fully saturated rings. The first-order valence-electron chi connectivity index (χ1n) is 4.01. The van der Waals surface area contributed by atoms with Gasteiger partial charge in [0.25, 0.3) is 5.56 Å². The third kappa shape index (κ3) is 1.46. The maximum Gasteiger partial charge on any atom is 0.273 e. The molecule has 72 valence electrons. The van der Waals surface area contributed by atoms with Crippen molar-refractivity contribution in [3.05, 3.63) is 45.2 Å². The van der Waals surface area contributed by atoms with Crippen LogP contribution in [0.1, 0.15) is 0 Å². The lowest BCUT2D eigenvalue weighted by atomic mass is 10.3. The number of aromatic nitrogens is 2. The zero-order chi connectivity index (χ0) is 10.1. The zero-order valence-electron chi connectivity index (χ0n) is 7.20. The summed E-state index contributed by atoms with van der Waals surface area (Å²) in [6.45, 7) is 0. The molecule has 0 aliphatic carbocycles. The van der Waals surface area contributed by atoms with Gasteiger partial charge >= 0.3 is 0 Å². The summed E-state index contributed by atoms with van der Waals surface area (Å²) < 4.78 is 2.23. The molecule has 1 heterocycles. The summed E-state index contributed by atoms with van der Waals surface area (Å²) in [7, 11) is 0. The number of nitrogens with zero attached hydrogens (tertiary/aromatic N) is 1.